The van der Waals surface area contributed by atoms with Gasteiger partial charge >= 0.3 is 5.97 Å². The Labute approximate surface area is 134 Å². The van der Waals surface area contributed by atoms with Crippen molar-refractivity contribution >= 4 is 27.3 Å². The molecule has 0 aliphatic heterocycles. The summed E-state index contributed by atoms with van der Waals surface area (Å²) in [5.41, 5.74) is 0.713. The molecule has 1 aromatic carbocycles. The maximum absolute atomic E-state index is 12.4. The maximum atomic E-state index is 12.4. The summed E-state index contributed by atoms with van der Waals surface area (Å²) >= 11 is 1.19. The Morgan fingerprint density at radius 3 is 2.45 bits per heavy atom. The van der Waals surface area contributed by atoms with Crippen LogP contribution >= 0.6 is 11.3 Å². The van der Waals surface area contributed by atoms with Crippen molar-refractivity contribution in [2.45, 2.75) is 23.6 Å². The van der Waals surface area contributed by atoms with E-state index in [1.807, 2.05) is 13.0 Å². The molecule has 0 amide bonds. The molecule has 1 N–H and O–H groups in total. The van der Waals surface area contributed by atoms with Gasteiger partial charge in [-0.05, 0) is 24.6 Å². The molecular formula is C15H17NO4S2. The molecule has 0 aliphatic rings. The zero-order valence-corrected chi connectivity index (χ0v) is 13.9. The largest absolute Gasteiger partial charge is 0.469 e. The number of hydrogen-bond donors (Lipinski definition) is 1. The Morgan fingerprint density at radius 2 is 1.91 bits per heavy atom. The predicted molar refractivity (Wildman–Crippen MR) is 85.2 cm³/mol. The Morgan fingerprint density at radius 1 is 1.23 bits per heavy atom. The molecule has 2 rings (SSSR count). The number of rotatable bonds is 6. The zero-order chi connectivity index (χ0) is 16.2. The third-order valence-electron chi connectivity index (χ3n) is 3.08. The molecule has 5 nitrogen and oxygen atoms in total. The standard InChI is InChI=1S/C15H17NO4S2/c1-11-8-9-15(21-11)22(18,19)16-13(10-14(17)20-2)12-6-4-3-5-7-12/h3-9,13,16H,10H2,1-2H3. The lowest BCUT2D eigenvalue weighted by Gasteiger charge is -2.17. The number of sulfonamides is 1. The summed E-state index contributed by atoms with van der Waals surface area (Å²) in [6.07, 6.45) is -0.0654. The molecule has 0 bridgehead atoms. The summed E-state index contributed by atoms with van der Waals surface area (Å²) in [6.45, 7) is 1.84. The first-order valence-corrected chi connectivity index (χ1v) is 8.93. The Hall–Kier alpha value is -1.70. The van der Waals surface area contributed by atoms with Crippen molar-refractivity contribution in [3.8, 4) is 0 Å². The molecule has 7 heteroatoms. The van der Waals surface area contributed by atoms with Gasteiger partial charge in [0, 0.05) is 4.88 Å². The summed E-state index contributed by atoms with van der Waals surface area (Å²) in [5, 5.41) is 0. The van der Waals surface area contributed by atoms with E-state index in [-0.39, 0.29) is 10.6 Å². The van der Waals surface area contributed by atoms with Crippen LogP contribution in [0.25, 0.3) is 0 Å². The first-order chi connectivity index (χ1) is 10.4. The number of benzene rings is 1. The van der Waals surface area contributed by atoms with Gasteiger partial charge in [-0.25, -0.2) is 13.1 Å². The fourth-order valence-corrected chi connectivity index (χ4v) is 4.49. The average molecular weight is 339 g/mol. The van der Waals surface area contributed by atoms with Crippen molar-refractivity contribution in [2.24, 2.45) is 0 Å². The number of hydrogen-bond acceptors (Lipinski definition) is 5. The zero-order valence-electron chi connectivity index (χ0n) is 12.3. The van der Waals surface area contributed by atoms with Gasteiger partial charge in [0.1, 0.15) is 4.21 Å². The second-order valence-electron chi connectivity index (χ2n) is 4.73. The van der Waals surface area contributed by atoms with E-state index in [0.717, 1.165) is 4.88 Å². The van der Waals surface area contributed by atoms with Crippen LogP contribution in [-0.2, 0) is 19.6 Å². The molecule has 0 saturated carbocycles. The number of nitrogens with one attached hydrogen (secondary N) is 1. The average Bonchev–Trinajstić information content (AvgIpc) is 2.94. The quantitative estimate of drug-likeness (QED) is 0.821. The predicted octanol–water partition coefficient (Wildman–Crippen LogP) is 2.64. The van der Waals surface area contributed by atoms with Gasteiger partial charge in [-0.15, -0.1) is 11.3 Å². The van der Waals surface area contributed by atoms with Gasteiger partial charge in [0.15, 0.2) is 0 Å². The Kier molecular flexibility index (Phi) is 5.33. The van der Waals surface area contributed by atoms with E-state index >= 15 is 0 Å². The van der Waals surface area contributed by atoms with E-state index in [9.17, 15) is 13.2 Å². The highest BCUT2D eigenvalue weighted by molar-refractivity contribution is 7.91. The van der Waals surface area contributed by atoms with E-state index in [0.29, 0.717) is 5.56 Å². The number of ether oxygens (including phenoxy) is 1. The van der Waals surface area contributed by atoms with Crippen LogP contribution in [0, 0.1) is 6.92 Å². The van der Waals surface area contributed by atoms with Crippen molar-refractivity contribution in [1.29, 1.82) is 0 Å². The Balaban J connectivity index is 2.28. The van der Waals surface area contributed by atoms with Crippen LogP contribution in [0.15, 0.2) is 46.7 Å². The highest BCUT2D eigenvalue weighted by Crippen LogP contribution is 2.25. The minimum atomic E-state index is -3.68. The second kappa shape index (κ2) is 7.04. The van der Waals surface area contributed by atoms with Crippen LogP contribution in [0.5, 0.6) is 0 Å². The van der Waals surface area contributed by atoms with Crippen LogP contribution < -0.4 is 4.72 Å². The SMILES string of the molecule is COC(=O)CC(NS(=O)(=O)c1ccc(C)s1)c1ccccc1. The van der Waals surface area contributed by atoms with Gasteiger partial charge in [-0.1, -0.05) is 30.3 Å². The van der Waals surface area contributed by atoms with E-state index < -0.39 is 22.0 Å². The van der Waals surface area contributed by atoms with Gasteiger partial charge in [-0.3, -0.25) is 4.79 Å². The molecule has 0 aliphatic carbocycles. The minimum absolute atomic E-state index is 0.0654. The topological polar surface area (TPSA) is 72.5 Å². The minimum Gasteiger partial charge on any atom is -0.469 e. The lowest BCUT2D eigenvalue weighted by molar-refractivity contribution is -0.141. The van der Waals surface area contributed by atoms with E-state index in [2.05, 4.69) is 9.46 Å². The highest BCUT2D eigenvalue weighted by atomic mass is 32.2. The number of carbonyl (C=O) groups excluding carboxylic acids is 1. The molecule has 118 valence electrons. The van der Waals surface area contributed by atoms with Crippen LogP contribution in [0.3, 0.4) is 0 Å². The van der Waals surface area contributed by atoms with Crippen LogP contribution in [0.1, 0.15) is 22.9 Å². The van der Waals surface area contributed by atoms with Crippen LogP contribution in [-0.4, -0.2) is 21.5 Å². The molecule has 1 unspecified atom stereocenters. The van der Waals surface area contributed by atoms with Crippen molar-refractivity contribution in [3.63, 3.8) is 0 Å². The molecule has 0 fully saturated rings. The van der Waals surface area contributed by atoms with E-state index in [4.69, 9.17) is 0 Å². The van der Waals surface area contributed by atoms with E-state index in [1.165, 1.54) is 18.4 Å². The van der Waals surface area contributed by atoms with Crippen LogP contribution in [0.2, 0.25) is 0 Å². The van der Waals surface area contributed by atoms with Crippen LogP contribution in [0.4, 0.5) is 0 Å². The lowest BCUT2D eigenvalue weighted by atomic mass is 10.1. The molecule has 1 aromatic heterocycles. The lowest BCUT2D eigenvalue weighted by Crippen LogP contribution is -2.30. The third-order valence-corrected chi connectivity index (χ3v) is 6.04. The van der Waals surface area contributed by atoms with Crippen molar-refractivity contribution < 1.29 is 17.9 Å². The molecule has 1 heterocycles. The number of carbonyl (C=O) groups is 1. The van der Waals surface area contributed by atoms with Gasteiger partial charge in [0.25, 0.3) is 10.0 Å². The molecule has 22 heavy (non-hydrogen) atoms. The molecule has 0 radical (unpaired) electrons. The number of aryl methyl sites for hydroxylation is 1. The van der Waals surface area contributed by atoms with Gasteiger partial charge < -0.3 is 4.74 Å². The molecule has 0 spiro atoms. The number of thiophene rings is 1. The fraction of sp³-hybridized carbons (Fsp3) is 0.267. The maximum Gasteiger partial charge on any atom is 0.307 e. The van der Waals surface area contributed by atoms with Crippen molar-refractivity contribution in [3.05, 3.63) is 52.9 Å². The monoisotopic (exact) mass is 339 g/mol. The highest BCUT2D eigenvalue weighted by Gasteiger charge is 2.25. The van der Waals surface area contributed by atoms with Crippen molar-refractivity contribution in [1.82, 2.24) is 4.72 Å². The summed E-state index contributed by atoms with van der Waals surface area (Å²) < 4.78 is 32.4. The van der Waals surface area contributed by atoms with E-state index in [1.54, 1.807) is 36.4 Å². The number of esters is 1. The summed E-state index contributed by atoms with van der Waals surface area (Å²) in [7, 11) is -2.40. The summed E-state index contributed by atoms with van der Waals surface area (Å²) in [4.78, 5) is 12.5. The molecule has 2 aromatic rings. The fourth-order valence-electron chi connectivity index (χ4n) is 1.96. The van der Waals surface area contributed by atoms with Gasteiger partial charge in [0.05, 0.1) is 19.6 Å². The number of methoxy groups -OCH3 is 1. The second-order valence-corrected chi connectivity index (χ2v) is 7.96. The Bertz CT molecular complexity index is 738. The summed E-state index contributed by atoms with van der Waals surface area (Å²) in [5.74, 6) is -0.473. The smallest absolute Gasteiger partial charge is 0.307 e. The first kappa shape index (κ1) is 16.7. The molecule has 1 atom stereocenters. The molecule has 0 saturated heterocycles. The van der Waals surface area contributed by atoms with Gasteiger partial charge in [0.2, 0.25) is 0 Å². The molecular weight excluding hydrogens is 322 g/mol. The van der Waals surface area contributed by atoms with Crippen molar-refractivity contribution in [2.75, 3.05) is 7.11 Å². The third kappa shape index (κ3) is 4.16. The normalized spacial score (nSPS) is 12.8. The first-order valence-electron chi connectivity index (χ1n) is 6.63. The van der Waals surface area contributed by atoms with Gasteiger partial charge in [-0.2, -0.15) is 0 Å². The summed E-state index contributed by atoms with van der Waals surface area (Å²) in [6, 6.07) is 11.6.